The molecule has 4 rings (SSSR count). The lowest BCUT2D eigenvalue weighted by Crippen LogP contribution is -2.27. The van der Waals surface area contributed by atoms with Gasteiger partial charge in [0.2, 0.25) is 0 Å². The van der Waals surface area contributed by atoms with E-state index < -0.39 is 0 Å². The summed E-state index contributed by atoms with van der Waals surface area (Å²) in [4.78, 5) is 27.3. The van der Waals surface area contributed by atoms with E-state index in [0.717, 1.165) is 0 Å². The number of nitrogens with zero attached hydrogens (tertiary/aromatic N) is 1. The van der Waals surface area contributed by atoms with Crippen LogP contribution in [0.15, 0.2) is 77.7 Å². The lowest BCUT2D eigenvalue weighted by Gasteiger charge is -2.14. The van der Waals surface area contributed by atoms with Crippen molar-refractivity contribution in [3.05, 3.63) is 88.3 Å². The number of hydrogen-bond donors (Lipinski definition) is 1. The number of carbonyl (C=O) groups is 2. The highest BCUT2D eigenvalue weighted by Crippen LogP contribution is 2.37. The molecule has 1 N–H and O–H groups in total. The number of thioether (sulfide) groups is 1. The molecule has 1 aliphatic rings. The third-order valence-corrected chi connectivity index (χ3v) is 6.35. The van der Waals surface area contributed by atoms with Crippen LogP contribution in [-0.2, 0) is 9.59 Å². The van der Waals surface area contributed by atoms with Crippen molar-refractivity contribution >= 4 is 69.2 Å². The molecule has 3 aromatic rings. The first kappa shape index (κ1) is 23.8. The van der Waals surface area contributed by atoms with Crippen LogP contribution in [0.1, 0.15) is 5.56 Å². The molecule has 1 saturated heterocycles. The van der Waals surface area contributed by atoms with Gasteiger partial charge >= 0.3 is 0 Å². The van der Waals surface area contributed by atoms with Gasteiger partial charge in [-0.05, 0) is 48.5 Å². The van der Waals surface area contributed by atoms with Gasteiger partial charge in [-0.25, -0.2) is 0 Å². The Kier molecular flexibility index (Phi) is 7.52. The molecule has 0 atom stereocenters. The Morgan fingerprint density at radius 1 is 1.12 bits per heavy atom. The summed E-state index contributed by atoms with van der Waals surface area (Å²) in [5, 5.41) is 3.34. The van der Waals surface area contributed by atoms with Crippen molar-refractivity contribution in [1.82, 2.24) is 0 Å². The number of carbonyl (C=O) groups excluding carboxylic acids is 2. The maximum absolute atomic E-state index is 13.0. The summed E-state index contributed by atoms with van der Waals surface area (Å²) < 4.78 is 11.3. The standard InChI is InChI=1S/C25H19ClN2O4S2/c1-31-20-7-4-6-18(14-20)27-23(29)15-32-21-8-3-2-5-16(21)13-22-24(30)28(25(33)34-22)19-11-9-17(26)10-12-19/h2-14H,15H2,1H3,(H,27,29)/b22-13-. The number of methoxy groups -OCH3 is 1. The smallest absolute Gasteiger partial charge is 0.270 e. The van der Waals surface area contributed by atoms with Crippen LogP contribution in [-0.4, -0.2) is 29.9 Å². The van der Waals surface area contributed by atoms with Gasteiger partial charge in [-0.2, -0.15) is 0 Å². The quantitative estimate of drug-likeness (QED) is 0.321. The Bertz CT molecular complexity index is 1280. The fourth-order valence-electron chi connectivity index (χ4n) is 3.19. The van der Waals surface area contributed by atoms with Gasteiger partial charge in [0, 0.05) is 22.3 Å². The Morgan fingerprint density at radius 2 is 1.88 bits per heavy atom. The van der Waals surface area contributed by atoms with Crippen LogP contribution in [0.3, 0.4) is 0 Å². The number of hydrogen-bond acceptors (Lipinski definition) is 6. The van der Waals surface area contributed by atoms with Gasteiger partial charge in [0.05, 0.1) is 17.7 Å². The average molecular weight is 511 g/mol. The average Bonchev–Trinajstić information content (AvgIpc) is 3.12. The van der Waals surface area contributed by atoms with Crippen molar-refractivity contribution in [2.24, 2.45) is 0 Å². The third-order valence-electron chi connectivity index (χ3n) is 4.80. The van der Waals surface area contributed by atoms with Crippen molar-refractivity contribution in [3.8, 4) is 11.5 Å². The van der Waals surface area contributed by atoms with Crippen LogP contribution in [0, 0.1) is 0 Å². The van der Waals surface area contributed by atoms with Crippen LogP contribution >= 0.6 is 35.6 Å². The summed E-state index contributed by atoms with van der Waals surface area (Å²) >= 11 is 12.6. The van der Waals surface area contributed by atoms with Gasteiger partial charge in [0.25, 0.3) is 11.8 Å². The zero-order valence-electron chi connectivity index (χ0n) is 18.0. The molecule has 9 heteroatoms. The number of para-hydroxylation sites is 1. The van der Waals surface area contributed by atoms with Crippen molar-refractivity contribution in [1.29, 1.82) is 0 Å². The fraction of sp³-hybridized carbons (Fsp3) is 0.0800. The highest BCUT2D eigenvalue weighted by Gasteiger charge is 2.33. The second-order valence-corrected chi connectivity index (χ2v) is 9.21. The van der Waals surface area contributed by atoms with E-state index in [1.165, 1.54) is 16.7 Å². The minimum absolute atomic E-state index is 0.201. The van der Waals surface area contributed by atoms with Crippen LogP contribution in [0.4, 0.5) is 11.4 Å². The molecule has 1 aliphatic heterocycles. The second-order valence-electron chi connectivity index (χ2n) is 7.10. The van der Waals surface area contributed by atoms with Crippen LogP contribution in [0.5, 0.6) is 11.5 Å². The number of amides is 2. The minimum atomic E-state index is -0.322. The van der Waals surface area contributed by atoms with Crippen molar-refractivity contribution in [2.45, 2.75) is 0 Å². The molecule has 6 nitrogen and oxygen atoms in total. The van der Waals surface area contributed by atoms with E-state index in [4.69, 9.17) is 33.3 Å². The summed E-state index contributed by atoms with van der Waals surface area (Å²) in [5.74, 6) is 0.556. The second kappa shape index (κ2) is 10.7. The van der Waals surface area contributed by atoms with E-state index in [1.54, 1.807) is 73.8 Å². The number of rotatable bonds is 7. The van der Waals surface area contributed by atoms with E-state index in [0.29, 0.717) is 42.7 Å². The van der Waals surface area contributed by atoms with Gasteiger partial charge in [0.1, 0.15) is 11.5 Å². The SMILES string of the molecule is COc1cccc(NC(=O)COc2ccccc2/C=C2\SC(=S)N(c3ccc(Cl)cc3)C2=O)c1. The zero-order chi connectivity index (χ0) is 24.1. The first-order valence-corrected chi connectivity index (χ1v) is 11.7. The summed E-state index contributed by atoms with van der Waals surface area (Å²) in [5.41, 5.74) is 1.91. The number of benzene rings is 3. The molecule has 0 saturated carbocycles. The number of anilines is 2. The number of halogens is 1. The lowest BCUT2D eigenvalue weighted by molar-refractivity contribution is -0.118. The molecule has 1 fully saturated rings. The van der Waals surface area contributed by atoms with Crippen molar-refractivity contribution < 1.29 is 19.1 Å². The molecule has 0 unspecified atom stereocenters. The van der Waals surface area contributed by atoms with E-state index in [-0.39, 0.29) is 18.4 Å². The highest BCUT2D eigenvalue weighted by atomic mass is 35.5. The monoisotopic (exact) mass is 510 g/mol. The summed E-state index contributed by atoms with van der Waals surface area (Å²) in [6, 6.07) is 21.1. The van der Waals surface area contributed by atoms with Crippen LogP contribution in [0.2, 0.25) is 5.02 Å². The molecule has 0 bridgehead atoms. The molecule has 172 valence electrons. The van der Waals surface area contributed by atoms with Gasteiger partial charge < -0.3 is 14.8 Å². The van der Waals surface area contributed by atoms with E-state index in [1.807, 2.05) is 12.1 Å². The predicted octanol–water partition coefficient (Wildman–Crippen LogP) is 5.77. The molecule has 0 spiro atoms. The van der Waals surface area contributed by atoms with Crippen molar-refractivity contribution in [3.63, 3.8) is 0 Å². The molecule has 0 aromatic heterocycles. The van der Waals surface area contributed by atoms with Gasteiger partial charge in [-0.3, -0.25) is 14.5 Å². The molecule has 2 amide bonds. The zero-order valence-corrected chi connectivity index (χ0v) is 20.4. The molecular weight excluding hydrogens is 492 g/mol. The molecular formula is C25H19ClN2O4S2. The summed E-state index contributed by atoms with van der Waals surface area (Å²) in [6.07, 6.45) is 1.71. The van der Waals surface area contributed by atoms with E-state index in [9.17, 15) is 9.59 Å². The number of nitrogens with one attached hydrogen (secondary N) is 1. The lowest BCUT2D eigenvalue weighted by atomic mass is 10.2. The Labute approximate surface area is 211 Å². The summed E-state index contributed by atoms with van der Waals surface area (Å²) in [7, 11) is 1.56. The molecule has 0 radical (unpaired) electrons. The van der Waals surface area contributed by atoms with Gasteiger partial charge in [-0.1, -0.05) is 59.8 Å². The normalized spacial score (nSPS) is 14.4. The molecule has 3 aromatic carbocycles. The topological polar surface area (TPSA) is 67.9 Å². The Morgan fingerprint density at radius 3 is 2.65 bits per heavy atom. The minimum Gasteiger partial charge on any atom is -0.497 e. The van der Waals surface area contributed by atoms with Gasteiger partial charge in [0.15, 0.2) is 10.9 Å². The Hall–Kier alpha value is -3.33. The first-order valence-electron chi connectivity index (χ1n) is 10.1. The Balaban J connectivity index is 1.46. The number of thiocarbonyl (C=S) groups is 1. The van der Waals surface area contributed by atoms with Crippen molar-refractivity contribution in [2.75, 3.05) is 23.9 Å². The van der Waals surface area contributed by atoms with E-state index in [2.05, 4.69) is 5.32 Å². The van der Waals surface area contributed by atoms with Crippen LogP contribution < -0.4 is 19.7 Å². The third kappa shape index (κ3) is 5.59. The van der Waals surface area contributed by atoms with Gasteiger partial charge in [-0.15, -0.1) is 0 Å². The molecule has 34 heavy (non-hydrogen) atoms. The predicted molar refractivity (Wildman–Crippen MR) is 141 cm³/mol. The first-order chi connectivity index (χ1) is 16.4. The fourth-order valence-corrected chi connectivity index (χ4v) is 4.61. The molecule has 1 heterocycles. The highest BCUT2D eigenvalue weighted by molar-refractivity contribution is 8.27. The number of ether oxygens (including phenoxy) is 2. The van der Waals surface area contributed by atoms with E-state index >= 15 is 0 Å². The van der Waals surface area contributed by atoms with Crippen LogP contribution in [0.25, 0.3) is 6.08 Å². The maximum atomic E-state index is 13.0. The largest absolute Gasteiger partial charge is 0.497 e. The summed E-state index contributed by atoms with van der Waals surface area (Å²) in [6.45, 7) is -0.201. The maximum Gasteiger partial charge on any atom is 0.270 e. The molecule has 0 aliphatic carbocycles.